The van der Waals surface area contributed by atoms with Gasteiger partial charge in [-0.25, -0.2) is 9.18 Å². The van der Waals surface area contributed by atoms with Crippen LogP contribution in [-0.2, 0) is 6.54 Å². The number of aromatic nitrogens is 2. The molecular formula is C17H14BrFN2O4. The van der Waals surface area contributed by atoms with Crippen LogP contribution in [0.4, 0.5) is 4.39 Å². The van der Waals surface area contributed by atoms with E-state index in [1.807, 2.05) is 12.1 Å². The van der Waals surface area contributed by atoms with Gasteiger partial charge >= 0.3 is 5.76 Å². The van der Waals surface area contributed by atoms with Crippen molar-refractivity contribution in [3.05, 3.63) is 69.4 Å². The van der Waals surface area contributed by atoms with E-state index in [2.05, 4.69) is 21.0 Å². The number of hydrogen-bond donors (Lipinski definition) is 1. The summed E-state index contributed by atoms with van der Waals surface area (Å²) < 4.78 is 25.4. The van der Waals surface area contributed by atoms with Crippen LogP contribution in [0.2, 0.25) is 0 Å². The largest absolute Gasteiger partial charge is 0.491 e. The molecule has 0 bridgehead atoms. The summed E-state index contributed by atoms with van der Waals surface area (Å²) in [5.41, 5.74) is 0.470. The molecule has 0 radical (unpaired) electrons. The summed E-state index contributed by atoms with van der Waals surface area (Å²) in [4.78, 5) is 11.8. The van der Waals surface area contributed by atoms with E-state index in [4.69, 9.17) is 9.15 Å². The first kappa shape index (κ1) is 17.4. The number of aliphatic hydroxyl groups excluding tert-OH is 1. The lowest BCUT2D eigenvalue weighted by molar-refractivity contribution is 0.0875. The van der Waals surface area contributed by atoms with Gasteiger partial charge in [0.05, 0.1) is 6.54 Å². The average molecular weight is 409 g/mol. The highest BCUT2D eigenvalue weighted by Gasteiger charge is 2.14. The molecule has 1 aromatic heterocycles. The molecule has 6 nitrogen and oxygen atoms in total. The van der Waals surface area contributed by atoms with E-state index < -0.39 is 17.7 Å². The van der Waals surface area contributed by atoms with Crippen LogP contribution in [0.25, 0.3) is 11.5 Å². The Balaban J connectivity index is 1.63. The highest BCUT2D eigenvalue weighted by molar-refractivity contribution is 9.10. The quantitative estimate of drug-likeness (QED) is 0.678. The molecule has 1 N–H and O–H groups in total. The Hall–Kier alpha value is -2.45. The maximum absolute atomic E-state index is 12.9. The minimum atomic E-state index is -0.951. The van der Waals surface area contributed by atoms with Crippen LogP contribution in [-0.4, -0.2) is 27.6 Å². The molecule has 8 heteroatoms. The Morgan fingerprint density at radius 2 is 1.88 bits per heavy atom. The number of halogens is 2. The van der Waals surface area contributed by atoms with Gasteiger partial charge in [0.2, 0.25) is 5.89 Å². The van der Waals surface area contributed by atoms with Gasteiger partial charge in [0.1, 0.15) is 24.3 Å². The molecule has 0 unspecified atom stereocenters. The van der Waals surface area contributed by atoms with E-state index in [1.54, 1.807) is 12.1 Å². The molecule has 130 valence electrons. The predicted octanol–water partition coefficient (Wildman–Crippen LogP) is 2.84. The summed E-state index contributed by atoms with van der Waals surface area (Å²) in [7, 11) is 0. The minimum Gasteiger partial charge on any atom is -0.491 e. The molecule has 0 aliphatic rings. The van der Waals surface area contributed by atoms with E-state index in [0.29, 0.717) is 11.3 Å². The van der Waals surface area contributed by atoms with Crippen LogP contribution in [0, 0.1) is 5.82 Å². The van der Waals surface area contributed by atoms with E-state index in [1.165, 1.54) is 24.3 Å². The summed E-state index contributed by atoms with van der Waals surface area (Å²) >= 11 is 3.32. The molecular weight excluding hydrogens is 395 g/mol. The second kappa shape index (κ2) is 7.62. The molecule has 0 fully saturated rings. The first-order valence-corrected chi connectivity index (χ1v) is 8.21. The summed E-state index contributed by atoms with van der Waals surface area (Å²) in [5, 5.41) is 14.0. The maximum atomic E-state index is 12.9. The van der Waals surface area contributed by atoms with E-state index in [9.17, 15) is 14.3 Å². The summed E-state index contributed by atoms with van der Waals surface area (Å²) in [5.74, 6) is -0.444. The number of rotatable bonds is 6. The van der Waals surface area contributed by atoms with Gasteiger partial charge in [0.25, 0.3) is 0 Å². The Bertz CT molecular complexity index is 890. The number of hydrogen-bond acceptors (Lipinski definition) is 5. The molecule has 3 rings (SSSR count). The topological polar surface area (TPSA) is 77.5 Å². The molecule has 3 aromatic rings. The molecule has 1 atom stereocenters. The van der Waals surface area contributed by atoms with Crippen molar-refractivity contribution in [1.82, 2.24) is 9.78 Å². The molecule has 1 heterocycles. The standard InChI is InChI=1S/C17H14BrFN2O4/c18-12-3-7-15(8-4-12)24-10-14(22)9-21-17(23)25-16(20-21)11-1-5-13(19)6-2-11/h1-8,14,22H,9-10H2/t14-/m1/s1. The molecule has 25 heavy (non-hydrogen) atoms. The average Bonchev–Trinajstić information content (AvgIpc) is 2.95. The van der Waals surface area contributed by atoms with Gasteiger partial charge in [0.15, 0.2) is 0 Å². The zero-order valence-corrected chi connectivity index (χ0v) is 14.5. The third-order valence-corrected chi connectivity index (χ3v) is 3.87. The van der Waals surface area contributed by atoms with E-state index in [-0.39, 0.29) is 19.0 Å². The monoisotopic (exact) mass is 408 g/mol. The van der Waals surface area contributed by atoms with E-state index >= 15 is 0 Å². The molecule has 0 amide bonds. The van der Waals surface area contributed by atoms with Gasteiger partial charge in [-0.2, -0.15) is 4.68 Å². The van der Waals surface area contributed by atoms with Crippen molar-refractivity contribution in [3.63, 3.8) is 0 Å². The van der Waals surface area contributed by atoms with Crippen molar-refractivity contribution in [1.29, 1.82) is 0 Å². The molecule has 0 spiro atoms. The van der Waals surface area contributed by atoms with Crippen molar-refractivity contribution >= 4 is 15.9 Å². The number of benzene rings is 2. The number of aliphatic hydroxyl groups is 1. The summed E-state index contributed by atoms with van der Waals surface area (Å²) in [6.07, 6.45) is -0.951. The summed E-state index contributed by atoms with van der Waals surface area (Å²) in [6, 6.07) is 12.6. The van der Waals surface area contributed by atoms with Crippen LogP contribution in [0.3, 0.4) is 0 Å². The van der Waals surface area contributed by atoms with Crippen molar-refractivity contribution < 1.29 is 18.7 Å². The third kappa shape index (κ3) is 4.55. The van der Waals surface area contributed by atoms with Gasteiger partial charge in [-0.1, -0.05) is 15.9 Å². The van der Waals surface area contributed by atoms with Crippen LogP contribution in [0.1, 0.15) is 0 Å². The van der Waals surface area contributed by atoms with Crippen LogP contribution in [0.15, 0.2) is 62.2 Å². The normalized spacial score (nSPS) is 12.1. The Labute approximate surface area is 150 Å². The molecule has 0 saturated heterocycles. The van der Waals surface area contributed by atoms with Gasteiger partial charge in [-0.15, -0.1) is 5.10 Å². The lowest BCUT2D eigenvalue weighted by Gasteiger charge is -2.11. The van der Waals surface area contributed by atoms with Gasteiger partial charge in [0, 0.05) is 10.0 Å². The van der Waals surface area contributed by atoms with Crippen LogP contribution < -0.4 is 10.5 Å². The molecule has 0 saturated carbocycles. The van der Waals surface area contributed by atoms with Gasteiger partial charge in [-0.3, -0.25) is 0 Å². The van der Waals surface area contributed by atoms with Gasteiger partial charge < -0.3 is 14.3 Å². The smallest absolute Gasteiger partial charge is 0.437 e. The number of ether oxygens (including phenoxy) is 1. The fourth-order valence-corrected chi connectivity index (χ4v) is 2.37. The van der Waals surface area contributed by atoms with Crippen molar-refractivity contribution in [2.75, 3.05) is 6.61 Å². The first-order valence-electron chi connectivity index (χ1n) is 7.41. The van der Waals surface area contributed by atoms with Crippen molar-refractivity contribution in [2.45, 2.75) is 12.6 Å². The second-order valence-corrected chi connectivity index (χ2v) is 6.20. The van der Waals surface area contributed by atoms with Crippen molar-refractivity contribution in [2.24, 2.45) is 0 Å². The highest BCUT2D eigenvalue weighted by atomic mass is 79.9. The van der Waals surface area contributed by atoms with Crippen LogP contribution in [0.5, 0.6) is 5.75 Å². The minimum absolute atomic E-state index is 0.00713. The lowest BCUT2D eigenvalue weighted by Crippen LogP contribution is -2.29. The maximum Gasteiger partial charge on any atom is 0.437 e. The lowest BCUT2D eigenvalue weighted by atomic mass is 10.2. The molecule has 0 aliphatic carbocycles. The molecule has 0 aliphatic heterocycles. The zero-order chi connectivity index (χ0) is 17.8. The van der Waals surface area contributed by atoms with Crippen LogP contribution >= 0.6 is 15.9 Å². The third-order valence-electron chi connectivity index (χ3n) is 3.34. The second-order valence-electron chi connectivity index (χ2n) is 5.28. The SMILES string of the molecule is O=c1oc(-c2ccc(F)cc2)nn1C[C@@H](O)COc1ccc(Br)cc1. The highest BCUT2D eigenvalue weighted by Crippen LogP contribution is 2.17. The van der Waals surface area contributed by atoms with E-state index in [0.717, 1.165) is 9.15 Å². The molecule has 2 aromatic carbocycles. The Kier molecular flexibility index (Phi) is 5.30. The number of nitrogens with zero attached hydrogens (tertiary/aromatic N) is 2. The Morgan fingerprint density at radius 3 is 2.56 bits per heavy atom. The first-order chi connectivity index (χ1) is 12.0. The zero-order valence-electron chi connectivity index (χ0n) is 12.9. The van der Waals surface area contributed by atoms with Crippen molar-refractivity contribution in [3.8, 4) is 17.2 Å². The Morgan fingerprint density at radius 1 is 1.20 bits per heavy atom. The summed E-state index contributed by atoms with van der Waals surface area (Å²) in [6.45, 7) is -0.0904. The fraction of sp³-hybridized carbons (Fsp3) is 0.176. The predicted molar refractivity (Wildman–Crippen MR) is 91.8 cm³/mol. The van der Waals surface area contributed by atoms with Gasteiger partial charge in [-0.05, 0) is 48.5 Å². The fourth-order valence-electron chi connectivity index (χ4n) is 2.11.